The maximum Gasteiger partial charge on any atom is 0.119 e. The first kappa shape index (κ1) is 25.0. The molecular formula is C29H34N2O4. The highest BCUT2D eigenvalue weighted by Gasteiger charge is 2.29. The summed E-state index contributed by atoms with van der Waals surface area (Å²) in [5.41, 5.74) is 2.69. The zero-order chi connectivity index (χ0) is 24.6. The molecule has 0 amide bonds. The fourth-order valence-corrected chi connectivity index (χ4v) is 4.91. The predicted octanol–water partition coefficient (Wildman–Crippen LogP) is 4.05. The molecule has 184 valence electrons. The number of aromatic nitrogens is 1. The number of fused-ring (bicyclic) bond motifs is 1. The molecule has 1 saturated heterocycles. The summed E-state index contributed by atoms with van der Waals surface area (Å²) in [5.74, 6) is 8.62. The topological polar surface area (TPSA) is 75.1 Å². The summed E-state index contributed by atoms with van der Waals surface area (Å²) in [4.78, 5) is 6.73. The van der Waals surface area contributed by atoms with E-state index in [1.54, 1.807) is 20.4 Å². The number of aliphatic hydroxyl groups is 2. The second-order valence-corrected chi connectivity index (χ2v) is 9.13. The molecule has 2 heterocycles. The molecule has 0 unspecified atom stereocenters. The molecule has 1 aromatic heterocycles. The van der Waals surface area contributed by atoms with Gasteiger partial charge in [0.2, 0.25) is 0 Å². The van der Waals surface area contributed by atoms with Gasteiger partial charge in [0.1, 0.15) is 11.5 Å². The summed E-state index contributed by atoms with van der Waals surface area (Å²) in [7, 11) is 3.29. The third-order valence-electron chi connectivity index (χ3n) is 6.99. The molecule has 3 atom stereocenters. The first-order chi connectivity index (χ1) is 17.1. The standard InChI is InChI=1S/C29H34N2O4/c1-34-24-8-5-21(6-9-24)4-3-16-31-17-14-22(23(19-31)20-32)7-12-29(33)26-13-15-30-28-11-10-25(35-2)18-27(26)28/h5-6,8-11,13,15,18,22-23,29,32-33H,7,12,14,16-17,19-20H2,1-2H3/t22-,23-,29-/m1/s1. The second kappa shape index (κ2) is 12.0. The highest BCUT2D eigenvalue weighted by atomic mass is 16.5. The van der Waals surface area contributed by atoms with Crippen molar-refractivity contribution in [3.63, 3.8) is 0 Å². The highest BCUT2D eigenvalue weighted by molar-refractivity contribution is 5.83. The van der Waals surface area contributed by atoms with Crippen LogP contribution in [0.5, 0.6) is 11.5 Å². The first-order valence-electron chi connectivity index (χ1n) is 12.2. The van der Waals surface area contributed by atoms with Crippen LogP contribution in [0, 0.1) is 23.7 Å². The average molecular weight is 475 g/mol. The van der Waals surface area contributed by atoms with Crippen molar-refractivity contribution in [2.45, 2.75) is 25.4 Å². The van der Waals surface area contributed by atoms with Gasteiger partial charge in [0, 0.05) is 30.3 Å². The minimum absolute atomic E-state index is 0.151. The molecule has 2 N–H and O–H groups in total. The zero-order valence-corrected chi connectivity index (χ0v) is 20.5. The molecule has 0 spiro atoms. The van der Waals surface area contributed by atoms with Crippen LogP contribution in [-0.4, -0.2) is 60.6 Å². The van der Waals surface area contributed by atoms with Gasteiger partial charge in [-0.1, -0.05) is 11.8 Å². The van der Waals surface area contributed by atoms with E-state index in [1.165, 1.54) is 0 Å². The van der Waals surface area contributed by atoms with E-state index >= 15 is 0 Å². The molecule has 0 aliphatic carbocycles. The van der Waals surface area contributed by atoms with Gasteiger partial charge in [-0.05, 0) is 91.7 Å². The molecule has 3 aromatic rings. The van der Waals surface area contributed by atoms with E-state index in [0.29, 0.717) is 18.9 Å². The van der Waals surface area contributed by atoms with Crippen molar-refractivity contribution in [2.75, 3.05) is 40.5 Å². The number of hydrogen-bond donors (Lipinski definition) is 2. The van der Waals surface area contributed by atoms with Crippen LogP contribution in [0.2, 0.25) is 0 Å². The number of methoxy groups -OCH3 is 2. The summed E-state index contributed by atoms with van der Waals surface area (Å²) in [6, 6.07) is 15.4. The Morgan fingerprint density at radius 2 is 1.83 bits per heavy atom. The number of piperidine rings is 1. The lowest BCUT2D eigenvalue weighted by Gasteiger charge is -2.37. The molecule has 0 saturated carbocycles. The summed E-state index contributed by atoms with van der Waals surface area (Å²) in [6.07, 6.45) is 3.67. The Morgan fingerprint density at radius 3 is 2.57 bits per heavy atom. The lowest BCUT2D eigenvalue weighted by Crippen LogP contribution is -2.42. The van der Waals surface area contributed by atoms with Crippen molar-refractivity contribution in [3.05, 3.63) is 65.9 Å². The van der Waals surface area contributed by atoms with Crippen LogP contribution in [0.4, 0.5) is 0 Å². The van der Waals surface area contributed by atoms with Gasteiger partial charge in [-0.2, -0.15) is 0 Å². The Kier molecular flexibility index (Phi) is 8.59. The van der Waals surface area contributed by atoms with Crippen LogP contribution >= 0.6 is 0 Å². The van der Waals surface area contributed by atoms with Crippen LogP contribution in [0.15, 0.2) is 54.7 Å². The first-order valence-corrected chi connectivity index (χ1v) is 12.2. The van der Waals surface area contributed by atoms with Gasteiger partial charge in [0.15, 0.2) is 0 Å². The summed E-state index contributed by atoms with van der Waals surface area (Å²) < 4.78 is 10.5. The number of pyridine rings is 1. The third-order valence-corrected chi connectivity index (χ3v) is 6.99. The Hall–Kier alpha value is -3.11. The molecule has 1 aliphatic heterocycles. The van der Waals surface area contributed by atoms with Crippen LogP contribution in [-0.2, 0) is 0 Å². The molecule has 0 bridgehead atoms. The van der Waals surface area contributed by atoms with Gasteiger partial charge < -0.3 is 19.7 Å². The van der Waals surface area contributed by atoms with E-state index in [0.717, 1.165) is 59.5 Å². The second-order valence-electron chi connectivity index (χ2n) is 9.13. The molecular weight excluding hydrogens is 440 g/mol. The fourth-order valence-electron chi connectivity index (χ4n) is 4.91. The maximum absolute atomic E-state index is 11.0. The fraction of sp³-hybridized carbons (Fsp3) is 0.414. The zero-order valence-electron chi connectivity index (χ0n) is 20.5. The van der Waals surface area contributed by atoms with Crippen molar-refractivity contribution >= 4 is 10.9 Å². The van der Waals surface area contributed by atoms with Gasteiger partial charge in [0.05, 0.1) is 32.4 Å². The number of rotatable bonds is 8. The highest BCUT2D eigenvalue weighted by Crippen LogP contribution is 2.33. The number of likely N-dealkylation sites (tertiary alicyclic amines) is 1. The minimum Gasteiger partial charge on any atom is -0.497 e. The molecule has 6 nitrogen and oxygen atoms in total. The van der Waals surface area contributed by atoms with Gasteiger partial charge in [-0.25, -0.2) is 0 Å². The molecule has 6 heteroatoms. The number of aliphatic hydroxyl groups excluding tert-OH is 2. The Labute approximate surface area is 207 Å². The third kappa shape index (κ3) is 6.32. The van der Waals surface area contributed by atoms with E-state index < -0.39 is 6.10 Å². The molecule has 35 heavy (non-hydrogen) atoms. The smallest absolute Gasteiger partial charge is 0.119 e. The summed E-state index contributed by atoms with van der Waals surface area (Å²) in [6.45, 7) is 2.61. The van der Waals surface area contributed by atoms with Crippen molar-refractivity contribution in [1.29, 1.82) is 0 Å². The summed E-state index contributed by atoms with van der Waals surface area (Å²) in [5, 5.41) is 22.0. The predicted molar refractivity (Wildman–Crippen MR) is 137 cm³/mol. The number of benzene rings is 2. The van der Waals surface area contributed by atoms with E-state index in [-0.39, 0.29) is 12.5 Å². The average Bonchev–Trinajstić information content (AvgIpc) is 2.91. The van der Waals surface area contributed by atoms with E-state index in [4.69, 9.17) is 9.47 Å². The monoisotopic (exact) mass is 474 g/mol. The number of nitrogens with zero attached hydrogens (tertiary/aromatic N) is 2. The Balaban J connectivity index is 1.32. The SMILES string of the molecule is COc1ccc(C#CCN2CC[C@@H](CC[C@@H](O)c3ccnc4ccc(OC)cc34)[C@@H](CO)C2)cc1. The lowest BCUT2D eigenvalue weighted by molar-refractivity contribution is 0.0640. The van der Waals surface area contributed by atoms with Crippen LogP contribution in [0.1, 0.15) is 36.5 Å². The maximum atomic E-state index is 11.0. The molecule has 1 fully saturated rings. The quantitative estimate of drug-likeness (QED) is 0.480. The lowest BCUT2D eigenvalue weighted by atomic mass is 9.81. The molecule has 1 aliphatic rings. The van der Waals surface area contributed by atoms with Crippen molar-refractivity contribution in [3.8, 4) is 23.3 Å². The van der Waals surface area contributed by atoms with Gasteiger partial charge in [-0.15, -0.1) is 0 Å². The van der Waals surface area contributed by atoms with Crippen LogP contribution in [0.25, 0.3) is 10.9 Å². The van der Waals surface area contributed by atoms with E-state index in [9.17, 15) is 10.2 Å². The molecule has 0 radical (unpaired) electrons. The Morgan fingerprint density at radius 1 is 1.06 bits per heavy atom. The van der Waals surface area contributed by atoms with Gasteiger partial charge in [-0.3, -0.25) is 9.88 Å². The van der Waals surface area contributed by atoms with Crippen LogP contribution < -0.4 is 9.47 Å². The molecule has 4 rings (SSSR count). The van der Waals surface area contributed by atoms with Crippen LogP contribution in [0.3, 0.4) is 0 Å². The van der Waals surface area contributed by atoms with Crippen molar-refractivity contribution in [1.82, 2.24) is 9.88 Å². The van der Waals surface area contributed by atoms with Crippen molar-refractivity contribution in [2.24, 2.45) is 11.8 Å². The van der Waals surface area contributed by atoms with E-state index in [2.05, 4.69) is 21.7 Å². The molecule has 2 aromatic carbocycles. The van der Waals surface area contributed by atoms with E-state index in [1.807, 2.05) is 48.5 Å². The van der Waals surface area contributed by atoms with Gasteiger partial charge in [0.25, 0.3) is 0 Å². The largest absolute Gasteiger partial charge is 0.497 e. The normalized spacial score (nSPS) is 19.1. The summed E-state index contributed by atoms with van der Waals surface area (Å²) >= 11 is 0. The Bertz CT molecular complexity index is 1170. The minimum atomic E-state index is -0.583. The number of ether oxygens (including phenoxy) is 2. The van der Waals surface area contributed by atoms with Crippen molar-refractivity contribution < 1.29 is 19.7 Å². The van der Waals surface area contributed by atoms with Gasteiger partial charge >= 0.3 is 0 Å². The number of hydrogen-bond acceptors (Lipinski definition) is 6.